The Balaban J connectivity index is 2.17. The highest BCUT2D eigenvalue weighted by molar-refractivity contribution is 7.16. The molecule has 1 aliphatic carbocycles. The minimum Gasteiger partial charge on any atom is -0.300 e. The van der Waals surface area contributed by atoms with Gasteiger partial charge >= 0.3 is 0 Å². The van der Waals surface area contributed by atoms with E-state index in [1.54, 1.807) is 17.4 Å². The fraction of sp³-hybridized carbons (Fsp3) is 0.417. The molecule has 1 saturated carbocycles. The molecule has 1 heterocycles. The molecule has 0 N–H and O–H groups in total. The molecule has 2 rings (SSSR count). The van der Waals surface area contributed by atoms with E-state index in [2.05, 4.69) is 19.6 Å². The summed E-state index contributed by atoms with van der Waals surface area (Å²) in [5, 5.41) is 1.05. The van der Waals surface area contributed by atoms with Gasteiger partial charge in [0.05, 0.1) is 5.00 Å². The normalized spacial score (nSPS) is 15.0. The maximum Gasteiger partial charge on any atom is 0.230 e. The quantitative estimate of drug-likeness (QED) is 0.716. The van der Waals surface area contributed by atoms with Crippen LogP contribution in [0.4, 0.5) is 5.00 Å². The van der Waals surface area contributed by atoms with Crippen molar-refractivity contribution in [2.75, 3.05) is 11.4 Å². The van der Waals surface area contributed by atoms with Crippen LogP contribution in [0.15, 0.2) is 24.8 Å². The molecule has 15 heavy (non-hydrogen) atoms. The van der Waals surface area contributed by atoms with Crippen molar-refractivity contribution >= 4 is 22.2 Å². The second kappa shape index (κ2) is 4.19. The lowest BCUT2D eigenvalue weighted by Gasteiger charge is -2.18. The van der Waals surface area contributed by atoms with Crippen LogP contribution in [0.1, 0.15) is 17.7 Å². The van der Waals surface area contributed by atoms with Crippen molar-refractivity contribution in [2.45, 2.75) is 19.8 Å². The number of amides is 1. The summed E-state index contributed by atoms with van der Waals surface area (Å²) >= 11 is 1.67. The second-order valence-electron chi connectivity index (χ2n) is 3.90. The summed E-state index contributed by atoms with van der Waals surface area (Å²) in [6.07, 6.45) is 3.89. The second-order valence-corrected chi connectivity index (χ2v) is 5.16. The average molecular weight is 221 g/mol. The fourth-order valence-corrected chi connectivity index (χ4v) is 2.41. The third-order valence-corrected chi connectivity index (χ3v) is 3.52. The van der Waals surface area contributed by atoms with Crippen LogP contribution < -0.4 is 4.90 Å². The predicted molar refractivity (Wildman–Crippen MR) is 64.3 cm³/mol. The highest BCUT2D eigenvalue weighted by Gasteiger charge is 2.33. The first kappa shape index (κ1) is 10.4. The number of aryl methyl sites for hydroxylation is 1. The Bertz CT molecular complexity index is 379. The first-order valence-corrected chi connectivity index (χ1v) is 6.02. The van der Waals surface area contributed by atoms with Crippen LogP contribution in [0.2, 0.25) is 0 Å². The van der Waals surface area contributed by atoms with Crippen molar-refractivity contribution in [3.05, 3.63) is 29.7 Å². The fourth-order valence-electron chi connectivity index (χ4n) is 1.54. The lowest BCUT2D eigenvalue weighted by atomic mass is 10.3. The number of hydrogen-bond donors (Lipinski definition) is 0. The first-order valence-electron chi connectivity index (χ1n) is 5.21. The van der Waals surface area contributed by atoms with Gasteiger partial charge in [-0.05, 0) is 31.9 Å². The number of hydrogen-bond acceptors (Lipinski definition) is 2. The van der Waals surface area contributed by atoms with E-state index in [1.165, 1.54) is 4.88 Å². The highest BCUT2D eigenvalue weighted by atomic mass is 32.1. The number of nitrogens with zero attached hydrogens (tertiary/aromatic N) is 1. The Labute approximate surface area is 94.2 Å². The number of thiophene rings is 1. The standard InChI is InChI=1S/C12H15NOS/c1-3-8-13(12(14)10-5-6-10)11-7-4-9(2)15-11/h3-4,7,10H,1,5-6,8H2,2H3. The van der Waals surface area contributed by atoms with E-state index in [1.807, 2.05) is 11.0 Å². The van der Waals surface area contributed by atoms with Gasteiger partial charge in [-0.25, -0.2) is 0 Å². The van der Waals surface area contributed by atoms with E-state index in [0.29, 0.717) is 6.54 Å². The zero-order valence-corrected chi connectivity index (χ0v) is 9.72. The molecule has 0 saturated heterocycles. The van der Waals surface area contributed by atoms with E-state index < -0.39 is 0 Å². The maximum absolute atomic E-state index is 12.0. The smallest absolute Gasteiger partial charge is 0.230 e. The molecule has 1 aromatic rings. The van der Waals surface area contributed by atoms with Crippen LogP contribution in [0.5, 0.6) is 0 Å². The lowest BCUT2D eigenvalue weighted by Crippen LogP contribution is -2.31. The molecule has 1 aliphatic rings. The van der Waals surface area contributed by atoms with Gasteiger partial charge in [0, 0.05) is 17.3 Å². The SMILES string of the molecule is C=CCN(C(=O)C1CC1)c1ccc(C)s1. The molecule has 0 aromatic carbocycles. The molecular weight excluding hydrogens is 206 g/mol. The van der Waals surface area contributed by atoms with Gasteiger partial charge in [-0.1, -0.05) is 6.08 Å². The number of rotatable bonds is 4. The average Bonchev–Trinajstić information content (AvgIpc) is 2.98. The van der Waals surface area contributed by atoms with Gasteiger partial charge in [0.15, 0.2) is 0 Å². The summed E-state index contributed by atoms with van der Waals surface area (Å²) in [5.74, 6) is 0.532. The molecule has 0 bridgehead atoms. The monoisotopic (exact) mass is 221 g/mol. The molecule has 0 aliphatic heterocycles. The third-order valence-electron chi connectivity index (χ3n) is 2.50. The number of carbonyl (C=O) groups excluding carboxylic acids is 1. The zero-order valence-electron chi connectivity index (χ0n) is 8.90. The van der Waals surface area contributed by atoms with Gasteiger partial charge in [-0.3, -0.25) is 9.69 Å². The molecule has 0 atom stereocenters. The molecule has 1 amide bonds. The van der Waals surface area contributed by atoms with Crippen LogP contribution in [-0.2, 0) is 4.79 Å². The van der Waals surface area contributed by atoms with Gasteiger partial charge in [0.25, 0.3) is 0 Å². The molecule has 0 radical (unpaired) electrons. The number of anilines is 1. The van der Waals surface area contributed by atoms with Crippen molar-refractivity contribution in [1.29, 1.82) is 0 Å². The Morgan fingerprint density at radius 3 is 2.87 bits per heavy atom. The molecule has 0 spiro atoms. The maximum atomic E-state index is 12.0. The van der Waals surface area contributed by atoms with E-state index >= 15 is 0 Å². The molecule has 1 fully saturated rings. The van der Waals surface area contributed by atoms with E-state index in [0.717, 1.165) is 17.8 Å². The first-order chi connectivity index (χ1) is 7.22. The highest BCUT2D eigenvalue weighted by Crippen LogP contribution is 2.34. The van der Waals surface area contributed by atoms with E-state index in [9.17, 15) is 4.79 Å². The van der Waals surface area contributed by atoms with Crippen LogP contribution in [-0.4, -0.2) is 12.5 Å². The van der Waals surface area contributed by atoms with Crippen molar-refractivity contribution < 1.29 is 4.79 Å². The Kier molecular flexibility index (Phi) is 2.91. The zero-order chi connectivity index (χ0) is 10.8. The summed E-state index contributed by atoms with van der Waals surface area (Å²) in [7, 11) is 0. The Morgan fingerprint density at radius 1 is 1.67 bits per heavy atom. The van der Waals surface area contributed by atoms with Gasteiger partial charge in [0.2, 0.25) is 5.91 Å². The van der Waals surface area contributed by atoms with Crippen molar-refractivity contribution in [2.24, 2.45) is 5.92 Å². The van der Waals surface area contributed by atoms with Crippen molar-refractivity contribution in [1.82, 2.24) is 0 Å². The van der Waals surface area contributed by atoms with Crippen LogP contribution in [0.3, 0.4) is 0 Å². The molecule has 80 valence electrons. The Hall–Kier alpha value is -1.09. The number of carbonyl (C=O) groups is 1. The lowest BCUT2D eigenvalue weighted by molar-refractivity contribution is -0.119. The minimum atomic E-state index is 0.261. The van der Waals surface area contributed by atoms with E-state index in [4.69, 9.17) is 0 Å². The largest absolute Gasteiger partial charge is 0.300 e. The van der Waals surface area contributed by atoms with Crippen LogP contribution in [0, 0.1) is 12.8 Å². The van der Waals surface area contributed by atoms with Crippen molar-refractivity contribution in [3.63, 3.8) is 0 Å². The van der Waals surface area contributed by atoms with Gasteiger partial charge in [-0.2, -0.15) is 0 Å². The van der Waals surface area contributed by atoms with E-state index in [-0.39, 0.29) is 11.8 Å². The minimum absolute atomic E-state index is 0.261. The van der Waals surface area contributed by atoms with Gasteiger partial charge < -0.3 is 0 Å². The van der Waals surface area contributed by atoms with Gasteiger partial charge in [0.1, 0.15) is 0 Å². The topological polar surface area (TPSA) is 20.3 Å². The Morgan fingerprint density at radius 2 is 2.40 bits per heavy atom. The van der Waals surface area contributed by atoms with Gasteiger partial charge in [-0.15, -0.1) is 17.9 Å². The summed E-state index contributed by atoms with van der Waals surface area (Å²) < 4.78 is 0. The van der Waals surface area contributed by atoms with Crippen molar-refractivity contribution in [3.8, 4) is 0 Å². The molecule has 2 nitrogen and oxygen atoms in total. The summed E-state index contributed by atoms with van der Waals surface area (Å²) in [4.78, 5) is 15.1. The van der Waals surface area contributed by atoms with Crippen LogP contribution >= 0.6 is 11.3 Å². The molecule has 0 unspecified atom stereocenters. The molecular formula is C12H15NOS. The third kappa shape index (κ3) is 2.29. The molecule has 1 aromatic heterocycles. The summed E-state index contributed by atoms with van der Waals surface area (Å²) in [6.45, 7) is 6.38. The predicted octanol–water partition coefficient (Wildman–Crippen LogP) is 2.99. The summed E-state index contributed by atoms with van der Waals surface area (Å²) in [5.41, 5.74) is 0. The summed E-state index contributed by atoms with van der Waals surface area (Å²) in [6, 6.07) is 4.07. The van der Waals surface area contributed by atoms with Crippen LogP contribution in [0.25, 0.3) is 0 Å². The molecule has 3 heteroatoms.